The van der Waals surface area contributed by atoms with Gasteiger partial charge in [-0.05, 0) is 72.4 Å². The van der Waals surface area contributed by atoms with E-state index in [0.29, 0.717) is 17.4 Å². The minimum atomic E-state index is -3.68. The molecule has 164 valence electrons. The normalized spacial score (nSPS) is 19.6. The molecule has 31 heavy (non-hydrogen) atoms. The zero-order valence-corrected chi connectivity index (χ0v) is 19.1. The molecule has 0 saturated heterocycles. The molecule has 0 spiro atoms. The number of tetrazole rings is 1. The van der Waals surface area contributed by atoms with Crippen molar-refractivity contribution in [1.29, 1.82) is 0 Å². The van der Waals surface area contributed by atoms with Gasteiger partial charge in [-0.3, -0.25) is 0 Å². The van der Waals surface area contributed by atoms with E-state index in [2.05, 4.69) is 22.4 Å². The van der Waals surface area contributed by atoms with Gasteiger partial charge in [-0.1, -0.05) is 49.6 Å². The quantitative estimate of drug-likeness (QED) is 0.579. The molecule has 0 amide bonds. The molecule has 1 aliphatic carbocycles. The number of benzene rings is 2. The Labute approximate surface area is 184 Å². The Morgan fingerprint density at radius 2 is 1.81 bits per heavy atom. The Balaban J connectivity index is 1.72. The maximum atomic E-state index is 13.9. The SMILES string of the molecule is Cc1ccc(CN([C@H]2CCCC[C@H]2C)S(=O)(=O)c2ccc(-n3cnnn3)c(C)c2)cc1. The van der Waals surface area contributed by atoms with E-state index in [1.165, 1.54) is 6.33 Å². The number of sulfonamides is 1. The van der Waals surface area contributed by atoms with Crippen LogP contribution in [-0.4, -0.2) is 39.0 Å². The largest absolute Gasteiger partial charge is 0.243 e. The monoisotopic (exact) mass is 439 g/mol. The van der Waals surface area contributed by atoms with E-state index in [4.69, 9.17) is 0 Å². The number of hydrogen-bond donors (Lipinski definition) is 0. The fourth-order valence-corrected chi connectivity index (χ4v) is 6.26. The standard InChI is InChI=1S/C23H29N5O2S/c1-17-8-10-20(11-9-17)15-28(23-7-5-4-6-18(23)2)31(29,30)21-12-13-22(19(3)14-21)27-16-24-25-26-27/h8-14,16,18,23H,4-7,15H2,1-3H3/t18-,23+/m1/s1. The highest BCUT2D eigenvalue weighted by molar-refractivity contribution is 7.89. The summed E-state index contributed by atoms with van der Waals surface area (Å²) in [6, 6.07) is 13.3. The van der Waals surface area contributed by atoms with Gasteiger partial charge in [0.1, 0.15) is 6.33 Å². The summed E-state index contributed by atoms with van der Waals surface area (Å²) in [5, 5.41) is 11.3. The summed E-state index contributed by atoms with van der Waals surface area (Å²) in [6.45, 7) is 6.47. The van der Waals surface area contributed by atoms with E-state index in [9.17, 15) is 8.42 Å². The molecule has 1 fully saturated rings. The van der Waals surface area contributed by atoms with Gasteiger partial charge in [-0.15, -0.1) is 5.10 Å². The van der Waals surface area contributed by atoms with Crippen LogP contribution in [0.4, 0.5) is 0 Å². The molecule has 1 aliphatic rings. The lowest BCUT2D eigenvalue weighted by Gasteiger charge is -2.38. The summed E-state index contributed by atoms with van der Waals surface area (Å²) < 4.78 is 31.0. The zero-order valence-electron chi connectivity index (χ0n) is 18.3. The molecule has 2 aromatic carbocycles. The number of aryl methyl sites for hydroxylation is 2. The molecule has 1 saturated carbocycles. The second kappa shape index (κ2) is 8.88. The van der Waals surface area contributed by atoms with Gasteiger partial charge in [0.2, 0.25) is 10.0 Å². The Hall–Kier alpha value is -2.58. The molecule has 0 radical (unpaired) electrons. The average Bonchev–Trinajstić information content (AvgIpc) is 3.28. The van der Waals surface area contributed by atoms with Crippen LogP contribution in [0.2, 0.25) is 0 Å². The highest BCUT2D eigenvalue weighted by Crippen LogP contribution is 2.33. The third-order valence-electron chi connectivity index (χ3n) is 6.27. The summed E-state index contributed by atoms with van der Waals surface area (Å²) in [5.41, 5.74) is 3.74. The van der Waals surface area contributed by atoms with Crippen molar-refractivity contribution in [3.05, 3.63) is 65.5 Å². The topological polar surface area (TPSA) is 81.0 Å². The van der Waals surface area contributed by atoms with Gasteiger partial charge in [-0.25, -0.2) is 13.1 Å². The first-order chi connectivity index (χ1) is 14.9. The molecule has 0 N–H and O–H groups in total. The van der Waals surface area contributed by atoms with Crippen LogP contribution in [0.5, 0.6) is 0 Å². The molecule has 7 nitrogen and oxygen atoms in total. The van der Waals surface area contributed by atoms with Crippen molar-refractivity contribution in [2.45, 2.75) is 63.9 Å². The van der Waals surface area contributed by atoms with Gasteiger partial charge in [0, 0.05) is 12.6 Å². The predicted molar refractivity (Wildman–Crippen MR) is 119 cm³/mol. The third-order valence-corrected chi connectivity index (χ3v) is 8.13. The summed E-state index contributed by atoms with van der Waals surface area (Å²) in [5.74, 6) is 0.329. The number of nitrogens with zero attached hydrogens (tertiary/aromatic N) is 5. The summed E-state index contributed by atoms with van der Waals surface area (Å²) in [6.07, 6.45) is 5.68. The minimum Gasteiger partial charge on any atom is -0.207 e. The maximum Gasteiger partial charge on any atom is 0.243 e. The van der Waals surface area contributed by atoms with Crippen LogP contribution in [0.1, 0.15) is 49.3 Å². The summed E-state index contributed by atoms with van der Waals surface area (Å²) in [4.78, 5) is 0.312. The maximum absolute atomic E-state index is 13.9. The fourth-order valence-electron chi connectivity index (χ4n) is 4.43. The van der Waals surface area contributed by atoms with Crippen LogP contribution in [0.15, 0.2) is 53.7 Å². The van der Waals surface area contributed by atoms with Crippen molar-refractivity contribution >= 4 is 10.0 Å². The molecule has 4 rings (SSSR count). The number of rotatable bonds is 6. The van der Waals surface area contributed by atoms with Crippen molar-refractivity contribution in [1.82, 2.24) is 24.5 Å². The van der Waals surface area contributed by atoms with Gasteiger partial charge in [-0.2, -0.15) is 4.31 Å². The number of aromatic nitrogens is 4. The molecule has 0 aliphatic heterocycles. The van der Waals surface area contributed by atoms with E-state index in [1.54, 1.807) is 27.2 Å². The van der Waals surface area contributed by atoms with E-state index >= 15 is 0 Å². The van der Waals surface area contributed by atoms with Crippen molar-refractivity contribution < 1.29 is 8.42 Å². The minimum absolute atomic E-state index is 0.000416. The molecule has 0 unspecified atom stereocenters. The molecular formula is C23H29N5O2S. The van der Waals surface area contributed by atoms with Gasteiger partial charge in [0.15, 0.2) is 0 Å². The van der Waals surface area contributed by atoms with Gasteiger partial charge < -0.3 is 0 Å². The zero-order chi connectivity index (χ0) is 22.0. The molecule has 1 heterocycles. The van der Waals surface area contributed by atoms with E-state index in [1.807, 2.05) is 38.1 Å². The molecule has 0 bridgehead atoms. The van der Waals surface area contributed by atoms with Crippen LogP contribution >= 0.6 is 0 Å². The molecule has 2 atom stereocenters. The average molecular weight is 440 g/mol. The van der Waals surface area contributed by atoms with Crippen LogP contribution in [0, 0.1) is 19.8 Å². The Morgan fingerprint density at radius 1 is 1.06 bits per heavy atom. The number of hydrogen-bond acceptors (Lipinski definition) is 5. The fraction of sp³-hybridized carbons (Fsp3) is 0.435. The summed E-state index contributed by atoms with van der Waals surface area (Å²) >= 11 is 0. The van der Waals surface area contributed by atoms with Gasteiger partial charge >= 0.3 is 0 Å². The molecule has 8 heteroatoms. The first-order valence-corrected chi connectivity index (χ1v) is 12.2. The first-order valence-electron chi connectivity index (χ1n) is 10.8. The van der Waals surface area contributed by atoms with Crippen molar-refractivity contribution in [3.8, 4) is 5.69 Å². The van der Waals surface area contributed by atoms with E-state index < -0.39 is 10.0 Å². The Bertz CT molecular complexity index is 1130. The van der Waals surface area contributed by atoms with E-state index in [0.717, 1.165) is 48.1 Å². The van der Waals surface area contributed by atoms with Crippen molar-refractivity contribution in [2.75, 3.05) is 0 Å². The smallest absolute Gasteiger partial charge is 0.207 e. The lowest BCUT2D eigenvalue weighted by Crippen LogP contribution is -2.44. The highest BCUT2D eigenvalue weighted by atomic mass is 32.2. The van der Waals surface area contributed by atoms with E-state index in [-0.39, 0.29) is 6.04 Å². The van der Waals surface area contributed by atoms with Crippen molar-refractivity contribution in [2.24, 2.45) is 5.92 Å². The molecule has 1 aromatic heterocycles. The lowest BCUT2D eigenvalue weighted by molar-refractivity contribution is 0.185. The van der Waals surface area contributed by atoms with Crippen LogP contribution in [-0.2, 0) is 16.6 Å². The second-order valence-electron chi connectivity index (χ2n) is 8.57. The molecule has 3 aromatic rings. The summed E-state index contributed by atoms with van der Waals surface area (Å²) in [7, 11) is -3.68. The molecular weight excluding hydrogens is 410 g/mol. The van der Waals surface area contributed by atoms with Crippen LogP contribution in [0.25, 0.3) is 5.69 Å². The Morgan fingerprint density at radius 3 is 2.45 bits per heavy atom. The van der Waals surface area contributed by atoms with Crippen molar-refractivity contribution in [3.63, 3.8) is 0 Å². The van der Waals surface area contributed by atoms with Crippen LogP contribution < -0.4 is 0 Å². The predicted octanol–water partition coefficient (Wildman–Crippen LogP) is 4.05. The van der Waals surface area contributed by atoms with Crippen LogP contribution in [0.3, 0.4) is 0 Å². The Kier molecular flexibility index (Phi) is 6.20. The lowest BCUT2D eigenvalue weighted by atomic mass is 9.86. The van der Waals surface area contributed by atoms with Gasteiger partial charge in [0.05, 0.1) is 10.6 Å². The second-order valence-corrected chi connectivity index (χ2v) is 10.5. The van der Waals surface area contributed by atoms with Gasteiger partial charge in [0.25, 0.3) is 0 Å². The first kappa shape index (κ1) is 21.6. The third kappa shape index (κ3) is 4.55. The highest BCUT2D eigenvalue weighted by Gasteiger charge is 2.36.